The third kappa shape index (κ3) is 3.20. The summed E-state index contributed by atoms with van der Waals surface area (Å²) in [5.74, 6) is 1.77. The molecule has 0 saturated heterocycles. The van der Waals surface area contributed by atoms with Gasteiger partial charge in [-0.1, -0.05) is 43.6 Å². The zero-order chi connectivity index (χ0) is 14.7. The second kappa shape index (κ2) is 6.10. The first-order valence-corrected chi connectivity index (χ1v) is 6.94. The van der Waals surface area contributed by atoms with Crippen LogP contribution >= 0.6 is 11.6 Å². The third-order valence-corrected chi connectivity index (χ3v) is 3.40. The molecule has 2 aromatic carbocycles. The number of benzene rings is 2. The maximum atomic E-state index is 11.4. The number of carbonyl (C=O) groups is 1. The van der Waals surface area contributed by atoms with Crippen molar-refractivity contribution in [2.75, 3.05) is 0 Å². The molecular weight excluding hydrogens is 272 g/mol. The average Bonchev–Trinajstić information content (AvgIpc) is 2.38. The van der Waals surface area contributed by atoms with E-state index in [2.05, 4.69) is 13.8 Å². The van der Waals surface area contributed by atoms with E-state index in [1.807, 2.05) is 24.3 Å². The molecule has 0 atom stereocenters. The predicted octanol–water partition coefficient (Wildman–Crippen LogP) is 5.46. The molecule has 0 aliphatic heterocycles. The van der Waals surface area contributed by atoms with Crippen molar-refractivity contribution in [1.29, 1.82) is 0 Å². The molecule has 0 spiro atoms. The fraction of sp³-hybridized carbons (Fsp3) is 0.235. The molecule has 0 radical (unpaired) electrons. The van der Waals surface area contributed by atoms with Gasteiger partial charge in [-0.25, -0.2) is 0 Å². The van der Waals surface area contributed by atoms with Crippen LogP contribution in [-0.2, 0) is 0 Å². The Morgan fingerprint density at radius 3 is 2.45 bits per heavy atom. The van der Waals surface area contributed by atoms with Crippen LogP contribution < -0.4 is 4.74 Å². The molecule has 2 rings (SSSR count). The predicted molar refractivity (Wildman–Crippen MR) is 82.1 cm³/mol. The number of para-hydroxylation sites is 1. The van der Waals surface area contributed by atoms with Gasteiger partial charge in [-0.3, -0.25) is 4.79 Å². The highest BCUT2D eigenvalue weighted by Crippen LogP contribution is 2.32. The Bertz CT molecular complexity index is 633. The van der Waals surface area contributed by atoms with Gasteiger partial charge in [0.2, 0.25) is 0 Å². The number of rotatable bonds is 4. The van der Waals surface area contributed by atoms with E-state index in [9.17, 15) is 4.79 Å². The molecule has 104 valence electrons. The Labute approximate surface area is 124 Å². The van der Waals surface area contributed by atoms with Crippen molar-refractivity contribution in [3.63, 3.8) is 0 Å². The minimum Gasteiger partial charge on any atom is -0.457 e. The number of ether oxygens (including phenoxy) is 1. The summed E-state index contributed by atoms with van der Waals surface area (Å²) in [7, 11) is 0. The van der Waals surface area contributed by atoms with E-state index < -0.39 is 0 Å². The number of carbonyl (C=O) groups excluding carboxylic acids is 1. The number of halogens is 1. The molecule has 2 nitrogen and oxygen atoms in total. The van der Waals surface area contributed by atoms with Gasteiger partial charge in [0.05, 0.1) is 5.02 Å². The van der Waals surface area contributed by atoms with Crippen LogP contribution in [0.15, 0.2) is 42.5 Å². The zero-order valence-corrected chi connectivity index (χ0v) is 12.6. The molecule has 0 fully saturated rings. The Morgan fingerprint density at radius 1 is 1.15 bits per heavy atom. The Balaban J connectivity index is 2.31. The summed E-state index contributed by atoms with van der Waals surface area (Å²) in [6.07, 6.45) is 0. The van der Waals surface area contributed by atoms with Crippen molar-refractivity contribution in [1.82, 2.24) is 0 Å². The number of Topliss-reactive ketones (excluding diaryl/α,β-unsaturated/α-hetero) is 1. The maximum absolute atomic E-state index is 11.4. The largest absolute Gasteiger partial charge is 0.457 e. The molecule has 0 amide bonds. The summed E-state index contributed by atoms with van der Waals surface area (Å²) in [6, 6.07) is 13.0. The SMILES string of the molecule is CC(=O)c1ccc(Oc2ccccc2C(C)C)cc1Cl. The minimum atomic E-state index is -0.0517. The molecule has 0 aromatic heterocycles. The van der Waals surface area contributed by atoms with Crippen LogP contribution in [0, 0.1) is 0 Å². The lowest BCUT2D eigenvalue weighted by Gasteiger charge is -2.14. The Morgan fingerprint density at radius 2 is 1.85 bits per heavy atom. The quantitative estimate of drug-likeness (QED) is 0.698. The van der Waals surface area contributed by atoms with Crippen LogP contribution in [0.25, 0.3) is 0 Å². The van der Waals surface area contributed by atoms with Crippen molar-refractivity contribution in [3.8, 4) is 11.5 Å². The van der Waals surface area contributed by atoms with Crippen molar-refractivity contribution in [3.05, 3.63) is 58.6 Å². The second-order valence-corrected chi connectivity index (χ2v) is 5.40. The minimum absolute atomic E-state index is 0.0517. The molecule has 0 unspecified atom stereocenters. The van der Waals surface area contributed by atoms with E-state index >= 15 is 0 Å². The Hall–Kier alpha value is -1.80. The van der Waals surface area contributed by atoms with E-state index in [1.165, 1.54) is 6.92 Å². The van der Waals surface area contributed by atoms with E-state index in [0.717, 1.165) is 11.3 Å². The van der Waals surface area contributed by atoms with Crippen LogP contribution in [0.4, 0.5) is 0 Å². The molecule has 3 heteroatoms. The highest BCUT2D eigenvalue weighted by Gasteiger charge is 2.10. The van der Waals surface area contributed by atoms with Gasteiger partial charge in [0.15, 0.2) is 5.78 Å². The van der Waals surface area contributed by atoms with E-state index in [0.29, 0.717) is 22.3 Å². The molecule has 0 aliphatic rings. The van der Waals surface area contributed by atoms with Crippen molar-refractivity contribution in [2.24, 2.45) is 0 Å². The third-order valence-electron chi connectivity index (χ3n) is 3.09. The summed E-state index contributed by atoms with van der Waals surface area (Å²) in [4.78, 5) is 11.4. The lowest BCUT2D eigenvalue weighted by atomic mass is 10.0. The van der Waals surface area contributed by atoms with Crippen LogP contribution in [0.3, 0.4) is 0 Å². The monoisotopic (exact) mass is 288 g/mol. The van der Waals surface area contributed by atoms with Crippen LogP contribution in [0.2, 0.25) is 5.02 Å². The van der Waals surface area contributed by atoms with Crippen LogP contribution in [-0.4, -0.2) is 5.78 Å². The first-order valence-electron chi connectivity index (χ1n) is 6.56. The number of ketones is 1. The molecule has 2 aromatic rings. The van der Waals surface area contributed by atoms with Gasteiger partial charge in [0.1, 0.15) is 11.5 Å². The van der Waals surface area contributed by atoms with Gasteiger partial charge in [0.25, 0.3) is 0 Å². The zero-order valence-electron chi connectivity index (χ0n) is 11.8. The lowest BCUT2D eigenvalue weighted by Crippen LogP contribution is -1.96. The summed E-state index contributed by atoms with van der Waals surface area (Å²) in [5, 5.41) is 0.414. The summed E-state index contributed by atoms with van der Waals surface area (Å²) in [5.41, 5.74) is 1.65. The topological polar surface area (TPSA) is 26.3 Å². The van der Waals surface area contributed by atoms with E-state index in [-0.39, 0.29) is 5.78 Å². The molecule has 20 heavy (non-hydrogen) atoms. The van der Waals surface area contributed by atoms with Gasteiger partial charge < -0.3 is 4.74 Å². The van der Waals surface area contributed by atoms with Crippen molar-refractivity contribution >= 4 is 17.4 Å². The van der Waals surface area contributed by atoms with Gasteiger partial charge in [-0.2, -0.15) is 0 Å². The molecule has 0 saturated carbocycles. The average molecular weight is 289 g/mol. The van der Waals surface area contributed by atoms with Crippen molar-refractivity contribution < 1.29 is 9.53 Å². The standard InChI is InChI=1S/C17H17ClO2/c1-11(2)14-6-4-5-7-17(14)20-13-8-9-15(12(3)19)16(18)10-13/h4-11H,1-3H3. The normalized spacial score (nSPS) is 10.7. The van der Waals surface area contributed by atoms with Crippen molar-refractivity contribution in [2.45, 2.75) is 26.7 Å². The summed E-state index contributed by atoms with van der Waals surface area (Å²) < 4.78 is 5.89. The summed E-state index contributed by atoms with van der Waals surface area (Å²) >= 11 is 6.09. The van der Waals surface area contributed by atoms with Crippen LogP contribution in [0.5, 0.6) is 11.5 Å². The smallest absolute Gasteiger partial charge is 0.161 e. The fourth-order valence-corrected chi connectivity index (χ4v) is 2.33. The van der Waals surface area contributed by atoms with Gasteiger partial charge in [-0.05, 0) is 36.6 Å². The molecular formula is C17H17ClO2. The number of hydrogen-bond acceptors (Lipinski definition) is 2. The molecule has 0 bridgehead atoms. The highest BCUT2D eigenvalue weighted by molar-refractivity contribution is 6.34. The molecule has 0 aliphatic carbocycles. The number of hydrogen-bond donors (Lipinski definition) is 0. The van der Waals surface area contributed by atoms with Gasteiger partial charge in [-0.15, -0.1) is 0 Å². The first kappa shape index (κ1) is 14.6. The van der Waals surface area contributed by atoms with Gasteiger partial charge >= 0.3 is 0 Å². The van der Waals surface area contributed by atoms with E-state index in [4.69, 9.17) is 16.3 Å². The Kier molecular flexibility index (Phi) is 4.46. The molecule has 0 heterocycles. The molecule has 0 N–H and O–H groups in total. The van der Waals surface area contributed by atoms with E-state index in [1.54, 1.807) is 18.2 Å². The summed E-state index contributed by atoms with van der Waals surface area (Å²) in [6.45, 7) is 5.73. The first-order chi connectivity index (χ1) is 9.49. The fourth-order valence-electron chi connectivity index (χ4n) is 2.02. The highest BCUT2D eigenvalue weighted by atomic mass is 35.5. The lowest BCUT2D eigenvalue weighted by molar-refractivity contribution is 0.101. The van der Waals surface area contributed by atoms with Crippen LogP contribution in [0.1, 0.15) is 42.6 Å². The van der Waals surface area contributed by atoms with Gasteiger partial charge in [0, 0.05) is 11.6 Å². The second-order valence-electron chi connectivity index (χ2n) is 4.99. The maximum Gasteiger partial charge on any atom is 0.161 e.